The maximum atomic E-state index is 5.90. The van der Waals surface area contributed by atoms with Crippen LogP contribution in [0.15, 0.2) is 34.9 Å². The predicted molar refractivity (Wildman–Crippen MR) is 71.9 cm³/mol. The first-order chi connectivity index (χ1) is 9.03. The first kappa shape index (κ1) is 13.5. The second-order valence-corrected chi connectivity index (χ2v) is 5.18. The molecule has 0 spiro atoms. The molecule has 2 rings (SSSR count). The van der Waals surface area contributed by atoms with Gasteiger partial charge in [-0.2, -0.15) is 4.98 Å². The van der Waals surface area contributed by atoms with Gasteiger partial charge < -0.3 is 15.0 Å². The summed E-state index contributed by atoms with van der Waals surface area (Å²) in [4.78, 5) is 4.29. The van der Waals surface area contributed by atoms with Crippen LogP contribution in [-0.4, -0.2) is 22.3 Å². The Hall–Kier alpha value is -1.88. The molecule has 0 bridgehead atoms. The zero-order valence-electron chi connectivity index (χ0n) is 11.3. The number of para-hydroxylation sites is 1. The van der Waals surface area contributed by atoms with Crippen molar-refractivity contribution in [1.82, 2.24) is 10.1 Å². The Kier molecular flexibility index (Phi) is 4.16. The van der Waals surface area contributed by atoms with Gasteiger partial charge in [0.25, 0.3) is 0 Å². The van der Waals surface area contributed by atoms with Crippen LogP contribution in [0.1, 0.15) is 25.6 Å². The van der Waals surface area contributed by atoms with Gasteiger partial charge in [-0.1, -0.05) is 23.4 Å². The molecule has 0 amide bonds. The summed E-state index contributed by atoms with van der Waals surface area (Å²) in [5, 5.41) is 3.91. The minimum atomic E-state index is -0.343. The van der Waals surface area contributed by atoms with E-state index in [0.717, 1.165) is 5.75 Å². The van der Waals surface area contributed by atoms with Gasteiger partial charge in [0.15, 0.2) is 5.82 Å². The fourth-order valence-electron chi connectivity index (χ4n) is 1.63. The van der Waals surface area contributed by atoms with Crippen LogP contribution in [0.25, 0.3) is 0 Å². The molecule has 0 unspecified atom stereocenters. The molecule has 1 aromatic carbocycles. The lowest BCUT2D eigenvalue weighted by molar-refractivity contribution is 0.312. The SMILES string of the molecule is CC(C)(N)Cc1nc(CCOc2ccccc2)no1. The number of hydrogen-bond acceptors (Lipinski definition) is 5. The molecule has 0 fully saturated rings. The van der Waals surface area contributed by atoms with E-state index in [0.29, 0.717) is 31.2 Å². The Morgan fingerprint density at radius 3 is 2.68 bits per heavy atom. The summed E-state index contributed by atoms with van der Waals surface area (Å²) in [6.07, 6.45) is 1.18. The van der Waals surface area contributed by atoms with Crippen LogP contribution < -0.4 is 10.5 Å². The molecule has 0 saturated carbocycles. The molecular formula is C14H19N3O2. The number of rotatable bonds is 6. The monoisotopic (exact) mass is 261 g/mol. The molecule has 1 heterocycles. The molecule has 0 saturated heterocycles. The van der Waals surface area contributed by atoms with Gasteiger partial charge in [-0.3, -0.25) is 0 Å². The van der Waals surface area contributed by atoms with Crippen LogP contribution in [0.5, 0.6) is 5.75 Å². The highest BCUT2D eigenvalue weighted by molar-refractivity contribution is 5.20. The molecule has 1 aromatic heterocycles. The van der Waals surface area contributed by atoms with Crippen molar-refractivity contribution in [1.29, 1.82) is 0 Å². The van der Waals surface area contributed by atoms with Crippen molar-refractivity contribution in [3.63, 3.8) is 0 Å². The second-order valence-electron chi connectivity index (χ2n) is 5.18. The summed E-state index contributed by atoms with van der Waals surface area (Å²) in [5.41, 5.74) is 5.56. The van der Waals surface area contributed by atoms with Gasteiger partial charge >= 0.3 is 0 Å². The molecule has 0 aliphatic carbocycles. The molecule has 0 aliphatic heterocycles. The minimum absolute atomic E-state index is 0.343. The van der Waals surface area contributed by atoms with Gasteiger partial charge in [-0.15, -0.1) is 0 Å². The third kappa shape index (κ3) is 4.71. The Labute approximate surface area is 112 Å². The summed E-state index contributed by atoms with van der Waals surface area (Å²) < 4.78 is 10.7. The van der Waals surface area contributed by atoms with Crippen molar-refractivity contribution < 1.29 is 9.26 Å². The molecule has 0 aliphatic rings. The van der Waals surface area contributed by atoms with E-state index in [2.05, 4.69) is 10.1 Å². The second kappa shape index (κ2) is 5.84. The Balaban J connectivity index is 1.81. The van der Waals surface area contributed by atoms with E-state index in [9.17, 15) is 0 Å². The first-order valence-electron chi connectivity index (χ1n) is 6.31. The Morgan fingerprint density at radius 2 is 2.00 bits per heavy atom. The zero-order valence-corrected chi connectivity index (χ0v) is 11.3. The maximum Gasteiger partial charge on any atom is 0.228 e. The molecule has 2 N–H and O–H groups in total. The minimum Gasteiger partial charge on any atom is -0.493 e. The number of benzene rings is 1. The molecule has 0 atom stereocenters. The molecule has 0 radical (unpaired) electrons. The number of nitrogens with zero attached hydrogens (tertiary/aromatic N) is 2. The van der Waals surface area contributed by atoms with E-state index in [4.69, 9.17) is 15.0 Å². The van der Waals surface area contributed by atoms with Gasteiger partial charge in [0.2, 0.25) is 5.89 Å². The lowest BCUT2D eigenvalue weighted by Crippen LogP contribution is -2.34. The molecule has 2 aromatic rings. The van der Waals surface area contributed by atoms with Crippen LogP contribution in [0, 0.1) is 0 Å². The summed E-state index contributed by atoms with van der Waals surface area (Å²) in [5.74, 6) is 2.06. The predicted octanol–water partition coefficient (Wildman–Crippen LogP) is 1.97. The van der Waals surface area contributed by atoms with Crippen molar-refractivity contribution in [2.75, 3.05) is 6.61 Å². The highest BCUT2D eigenvalue weighted by atomic mass is 16.5. The van der Waals surface area contributed by atoms with Gasteiger partial charge in [-0.05, 0) is 26.0 Å². The maximum absolute atomic E-state index is 5.90. The fraction of sp³-hybridized carbons (Fsp3) is 0.429. The van der Waals surface area contributed by atoms with E-state index >= 15 is 0 Å². The lowest BCUT2D eigenvalue weighted by atomic mass is 10.0. The molecule has 5 nitrogen and oxygen atoms in total. The summed E-state index contributed by atoms with van der Waals surface area (Å²) in [6, 6.07) is 9.65. The molecule has 19 heavy (non-hydrogen) atoms. The van der Waals surface area contributed by atoms with E-state index < -0.39 is 0 Å². The van der Waals surface area contributed by atoms with Crippen molar-refractivity contribution in [2.24, 2.45) is 5.73 Å². The molecule has 5 heteroatoms. The topological polar surface area (TPSA) is 74.2 Å². The van der Waals surface area contributed by atoms with Crippen molar-refractivity contribution in [3.05, 3.63) is 42.0 Å². The Morgan fingerprint density at radius 1 is 1.26 bits per heavy atom. The zero-order chi connectivity index (χ0) is 13.7. The standard InChI is InChI=1S/C14H19N3O2/c1-14(2,15)10-13-16-12(17-19-13)8-9-18-11-6-4-3-5-7-11/h3-7H,8-10,15H2,1-2H3. The van der Waals surface area contributed by atoms with E-state index in [1.807, 2.05) is 44.2 Å². The van der Waals surface area contributed by atoms with Crippen molar-refractivity contribution in [2.45, 2.75) is 32.2 Å². The number of nitrogens with two attached hydrogens (primary N) is 1. The highest BCUT2D eigenvalue weighted by Crippen LogP contribution is 2.10. The van der Waals surface area contributed by atoms with Crippen LogP contribution in [0.4, 0.5) is 0 Å². The number of aromatic nitrogens is 2. The Bertz CT molecular complexity index is 503. The summed E-state index contributed by atoms with van der Waals surface area (Å²) >= 11 is 0. The van der Waals surface area contributed by atoms with Gasteiger partial charge in [0.05, 0.1) is 6.61 Å². The average molecular weight is 261 g/mol. The first-order valence-corrected chi connectivity index (χ1v) is 6.31. The fourth-order valence-corrected chi connectivity index (χ4v) is 1.63. The van der Waals surface area contributed by atoms with Crippen molar-refractivity contribution >= 4 is 0 Å². The smallest absolute Gasteiger partial charge is 0.228 e. The van der Waals surface area contributed by atoms with Gasteiger partial charge in [0, 0.05) is 18.4 Å². The third-order valence-corrected chi connectivity index (χ3v) is 2.45. The van der Waals surface area contributed by atoms with Gasteiger partial charge in [0.1, 0.15) is 5.75 Å². The normalized spacial score (nSPS) is 11.5. The summed E-state index contributed by atoms with van der Waals surface area (Å²) in [7, 11) is 0. The highest BCUT2D eigenvalue weighted by Gasteiger charge is 2.16. The van der Waals surface area contributed by atoms with Crippen LogP contribution in [0.2, 0.25) is 0 Å². The third-order valence-electron chi connectivity index (χ3n) is 2.45. The van der Waals surface area contributed by atoms with E-state index in [-0.39, 0.29) is 5.54 Å². The summed E-state index contributed by atoms with van der Waals surface area (Å²) in [6.45, 7) is 4.37. The number of ether oxygens (including phenoxy) is 1. The lowest BCUT2D eigenvalue weighted by Gasteiger charge is -2.14. The van der Waals surface area contributed by atoms with Crippen molar-refractivity contribution in [3.8, 4) is 5.75 Å². The molecular weight excluding hydrogens is 242 g/mol. The quantitative estimate of drug-likeness (QED) is 0.860. The van der Waals surface area contributed by atoms with E-state index in [1.54, 1.807) is 0 Å². The largest absolute Gasteiger partial charge is 0.493 e. The van der Waals surface area contributed by atoms with Crippen LogP contribution >= 0.6 is 0 Å². The average Bonchev–Trinajstić information content (AvgIpc) is 2.76. The van der Waals surface area contributed by atoms with Gasteiger partial charge in [-0.25, -0.2) is 0 Å². The number of hydrogen-bond donors (Lipinski definition) is 1. The van der Waals surface area contributed by atoms with Crippen LogP contribution in [-0.2, 0) is 12.8 Å². The van der Waals surface area contributed by atoms with Crippen LogP contribution in [0.3, 0.4) is 0 Å². The van der Waals surface area contributed by atoms with E-state index in [1.165, 1.54) is 0 Å². The molecule has 102 valence electrons.